The van der Waals surface area contributed by atoms with Crippen molar-refractivity contribution in [1.29, 1.82) is 0 Å². The second kappa shape index (κ2) is 7.55. The molecule has 0 saturated carbocycles. The van der Waals surface area contributed by atoms with Crippen molar-refractivity contribution in [3.63, 3.8) is 0 Å². The fourth-order valence-electron chi connectivity index (χ4n) is 2.75. The number of rotatable bonds is 5. The third-order valence-electron chi connectivity index (χ3n) is 4.17. The number of halogens is 1. The minimum atomic E-state index is -0.173. The molecule has 1 amide bonds. The zero-order valence-corrected chi connectivity index (χ0v) is 15.1. The average Bonchev–Trinajstić information content (AvgIpc) is 3.11. The Bertz CT molecular complexity index is 1080. The van der Waals surface area contributed by atoms with Crippen LogP contribution >= 0.6 is 11.6 Å². The fourth-order valence-corrected chi connectivity index (χ4v) is 2.88. The average molecular weight is 378 g/mol. The first-order valence-electron chi connectivity index (χ1n) is 8.45. The molecule has 6 nitrogen and oxygen atoms in total. The predicted molar refractivity (Wildman–Crippen MR) is 103 cm³/mol. The molecule has 3 aromatic heterocycles. The quantitative estimate of drug-likeness (QED) is 0.579. The van der Waals surface area contributed by atoms with Crippen LogP contribution < -0.4 is 5.32 Å². The molecular weight excluding hydrogens is 362 g/mol. The maximum absolute atomic E-state index is 12.5. The van der Waals surface area contributed by atoms with Gasteiger partial charge in [0.2, 0.25) is 0 Å². The summed E-state index contributed by atoms with van der Waals surface area (Å²) in [5.74, 6) is 0.584. The smallest absolute Gasteiger partial charge is 0.253 e. The lowest BCUT2D eigenvalue weighted by atomic mass is 10.1. The molecule has 0 unspecified atom stereocenters. The van der Waals surface area contributed by atoms with Crippen LogP contribution in [0.1, 0.15) is 27.4 Å². The van der Waals surface area contributed by atoms with Crippen LogP contribution in [-0.4, -0.2) is 25.5 Å². The Labute approximate surface area is 160 Å². The van der Waals surface area contributed by atoms with Crippen molar-refractivity contribution in [2.75, 3.05) is 0 Å². The van der Waals surface area contributed by atoms with Crippen molar-refractivity contribution in [2.24, 2.45) is 0 Å². The van der Waals surface area contributed by atoms with Crippen LogP contribution in [0.3, 0.4) is 0 Å². The number of hydrogen-bond acceptors (Lipinski definition) is 4. The number of carbonyl (C=O) groups excluding carboxylic acids is 1. The molecule has 4 rings (SSSR count). The molecule has 0 radical (unpaired) electrons. The number of hydrogen-bond donors (Lipinski definition) is 1. The van der Waals surface area contributed by atoms with Crippen LogP contribution in [0.4, 0.5) is 0 Å². The van der Waals surface area contributed by atoms with Gasteiger partial charge < -0.3 is 5.32 Å². The number of carbonyl (C=O) groups is 1. The van der Waals surface area contributed by atoms with E-state index in [1.807, 2.05) is 46.9 Å². The molecule has 0 aliphatic rings. The van der Waals surface area contributed by atoms with E-state index in [1.165, 1.54) is 0 Å². The molecule has 0 atom stereocenters. The van der Waals surface area contributed by atoms with Crippen molar-refractivity contribution in [3.05, 3.63) is 94.7 Å². The molecule has 27 heavy (non-hydrogen) atoms. The summed E-state index contributed by atoms with van der Waals surface area (Å²) < 4.78 is 1.84. The molecule has 0 saturated heterocycles. The highest BCUT2D eigenvalue weighted by Gasteiger charge is 2.11. The minimum Gasteiger partial charge on any atom is -0.346 e. The fraction of sp³-hybridized carbons (Fsp3) is 0.100. The number of nitrogens with one attached hydrogen (secondary N) is 1. The Morgan fingerprint density at radius 3 is 2.67 bits per heavy atom. The van der Waals surface area contributed by atoms with Crippen LogP contribution in [0, 0.1) is 0 Å². The van der Waals surface area contributed by atoms with E-state index in [4.69, 9.17) is 11.6 Å². The summed E-state index contributed by atoms with van der Waals surface area (Å²) in [6.45, 7) is 0.373. The summed E-state index contributed by atoms with van der Waals surface area (Å²) in [5.41, 5.74) is 3.11. The van der Waals surface area contributed by atoms with Crippen molar-refractivity contribution >= 4 is 23.2 Å². The molecular formula is C20H16ClN5O. The third-order valence-corrected chi connectivity index (χ3v) is 4.42. The molecule has 0 fully saturated rings. The largest absolute Gasteiger partial charge is 0.346 e. The monoisotopic (exact) mass is 377 g/mol. The third kappa shape index (κ3) is 3.96. The topological polar surface area (TPSA) is 72.2 Å². The van der Waals surface area contributed by atoms with Gasteiger partial charge in [0, 0.05) is 23.8 Å². The number of aromatic nitrogens is 4. The predicted octanol–water partition coefficient (Wildman–Crippen LogP) is 3.30. The van der Waals surface area contributed by atoms with Crippen molar-refractivity contribution in [3.8, 4) is 0 Å². The van der Waals surface area contributed by atoms with Crippen LogP contribution in [0.15, 0.2) is 67.0 Å². The van der Waals surface area contributed by atoms with E-state index in [0.29, 0.717) is 29.2 Å². The molecule has 0 aliphatic carbocycles. The summed E-state index contributed by atoms with van der Waals surface area (Å²) in [6, 6.07) is 16.7. The molecule has 1 N–H and O–H groups in total. The van der Waals surface area contributed by atoms with Gasteiger partial charge in [-0.15, -0.1) is 10.2 Å². The van der Waals surface area contributed by atoms with Gasteiger partial charge in [0.15, 0.2) is 5.65 Å². The Hall–Kier alpha value is -3.25. The first-order chi connectivity index (χ1) is 13.2. The van der Waals surface area contributed by atoms with Gasteiger partial charge in [-0.3, -0.25) is 14.2 Å². The lowest BCUT2D eigenvalue weighted by molar-refractivity contribution is 0.0950. The zero-order chi connectivity index (χ0) is 18.6. The maximum atomic E-state index is 12.5. The van der Waals surface area contributed by atoms with E-state index in [2.05, 4.69) is 20.5 Å². The molecule has 134 valence electrons. The number of nitrogens with zero attached hydrogens (tertiary/aromatic N) is 4. The molecule has 7 heteroatoms. The van der Waals surface area contributed by atoms with Gasteiger partial charge in [-0.1, -0.05) is 29.8 Å². The van der Waals surface area contributed by atoms with Crippen LogP contribution in [0.2, 0.25) is 5.02 Å². The van der Waals surface area contributed by atoms with Gasteiger partial charge >= 0.3 is 0 Å². The summed E-state index contributed by atoms with van der Waals surface area (Å²) >= 11 is 5.94. The van der Waals surface area contributed by atoms with Gasteiger partial charge in [0.25, 0.3) is 5.91 Å². The molecule has 0 aliphatic heterocycles. The Morgan fingerprint density at radius 1 is 1.04 bits per heavy atom. The van der Waals surface area contributed by atoms with E-state index in [9.17, 15) is 4.79 Å². The normalized spacial score (nSPS) is 10.9. The van der Waals surface area contributed by atoms with E-state index < -0.39 is 0 Å². The van der Waals surface area contributed by atoms with Gasteiger partial charge in [-0.25, -0.2) is 0 Å². The number of pyridine rings is 2. The van der Waals surface area contributed by atoms with Gasteiger partial charge in [-0.2, -0.15) is 0 Å². The van der Waals surface area contributed by atoms with E-state index in [0.717, 1.165) is 17.1 Å². The molecule has 0 bridgehead atoms. The summed E-state index contributed by atoms with van der Waals surface area (Å²) in [4.78, 5) is 16.7. The summed E-state index contributed by atoms with van der Waals surface area (Å²) in [7, 11) is 0. The SMILES string of the molecule is O=C(NCc1ccccn1)c1ccc2nnc(Cc3ccc(Cl)cc3)n2c1. The summed E-state index contributed by atoms with van der Waals surface area (Å²) in [5, 5.41) is 12.0. The Kier molecular flexibility index (Phi) is 4.80. The summed E-state index contributed by atoms with van der Waals surface area (Å²) in [6.07, 6.45) is 4.05. The second-order valence-corrected chi connectivity index (χ2v) is 6.51. The van der Waals surface area contributed by atoms with Crippen molar-refractivity contribution < 1.29 is 4.79 Å². The minimum absolute atomic E-state index is 0.173. The highest BCUT2D eigenvalue weighted by molar-refractivity contribution is 6.30. The zero-order valence-electron chi connectivity index (χ0n) is 14.3. The van der Waals surface area contributed by atoms with Gasteiger partial charge in [0.05, 0.1) is 17.8 Å². The van der Waals surface area contributed by atoms with Crippen LogP contribution in [0.25, 0.3) is 5.65 Å². The number of amides is 1. The highest BCUT2D eigenvalue weighted by Crippen LogP contribution is 2.14. The van der Waals surface area contributed by atoms with E-state index in [-0.39, 0.29) is 5.91 Å². The maximum Gasteiger partial charge on any atom is 0.253 e. The Morgan fingerprint density at radius 2 is 1.89 bits per heavy atom. The first kappa shape index (κ1) is 17.2. The molecule has 1 aromatic carbocycles. The Balaban J connectivity index is 1.54. The van der Waals surface area contributed by atoms with Crippen LogP contribution in [-0.2, 0) is 13.0 Å². The van der Waals surface area contributed by atoms with Crippen LogP contribution in [0.5, 0.6) is 0 Å². The van der Waals surface area contributed by atoms with Gasteiger partial charge in [0.1, 0.15) is 5.82 Å². The lowest BCUT2D eigenvalue weighted by Crippen LogP contribution is -2.23. The highest BCUT2D eigenvalue weighted by atomic mass is 35.5. The molecule has 3 heterocycles. The number of benzene rings is 1. The number of fused-ring (bicyclic) bond motifs is 1. The molecule has 0 spiro atoms. The second-order valence-electron chi connectivity index (χ2n) is 6.07. The van der Waals surface area contributed by atoms with E-state index >= 15 is 0 Å². The standard InChI is InChI=1S/C20H16ClN5O/c21-16-7-4-14(5-8-16)11-19-25-24-18-9-6-15(13-26(18)19)20(27)23-12-17-3-1-2-10-22-17/h1-10,13H,11-12H2,(H,23,27). The van der Waals surface area contributed by atoms with Crippen molar-refractivity contribution in [1.82, 2.24) is 24.9 Å². The van der Waals surface area contributed by atoms with Gasteiger partial charge in [-0.05, 0) is 42.0 Å². The van der Waals surface area contributed by atoms with E-state index in [1.54, 1.807) is 24.5 Å². The first-order valence-corrected chi connectivity index (χ1v) is 8.83. The molecule has 4 aromatic rings. The lowest BCUT2D eigenvalue weighted by Gasteiger charge is -2.06. The van der Waals surface area contributed by atoms with Crippen molar-refractivity contribution in [2.45, 2.75) is 13.0 Å².